The third kappa shape index (κ3) is 4.44. The maximum atomic E-state index is 12.9. The predicted octanol–water partition coefficient (Wildman–Crippen LogP) is 1.50. The molecule has 30 heavy (non-hydrogen) atoms. The summed E-state index contributed by atoms with van der Waals surface area (Å²) in [7, 11) is -1.46. The number of pyridine rings is 1. The minimum atomic E-state index is -3.26. The highest BCUT2D eigenvalue weighted by Gasteiger charge is 2.28. The summed E-state index contributed by atoms with van der Waals surface area (Å²) in [6.07, 6.45) is 7.54. The Balaban J connectivity index is 1.53. The predicted molar refractivity (Wildman–Crippen MR) is 116 cm³/mol. The fraction of sp³-hybridized carbons (Fsp3) is 0.650. The maximum Gasteiger partial charge on any atom is 0.272 e. The number of hydrogen-bond donors (Lipinski definition) is 1. The lowest BCUT2D eigenvalue weighted by Gasteiger charge is -2.31. The monoisotopic (exact) mass is 434 g/mol. The van der Waals surface area contributed by atoms with Crippen LogP contribution >= 0.6 is 0 Å². The van der Waals surface area contributed by atoms with Crippen molar-refractivity contribution in [3.63, 3.8) is 0 Å². The van der Waals surface area contributed by atoms with Crippen molar-refractivity contribution in [3.8, 4) is 0 Å². The molecule has 2 aliphatic rings. The average molecular weight is 435 g/mol. The van der Waals surface area contributed by atoms with Crippen molar-refractivity contribution in [2.75, 3.05) is 37.3 Å². The van der Waals surface area contributed by atoms with Crippen LogP contribution in [0.5, 0.6) is 0 Å². The number of piperidine rings is 1. The summed E-state index contributed by atoms with van der Waals surface area (Å²) in [6.45, 7) is 2.80. The van der Waals surface area contributed by atoms with Crippen LogP contribution < -0.4 is 10.2 Å². The lowest BCUT2D eigenvalue weighted by molar-refractivity contribution is 0.0917. The lowest BCUT2D eigenvalue weighted by Crippen LogP contribution is -2.49. The van der Waals surface area contributed by atoms with E-state index in [0.29, 0.717) is 29.8 Å². The third-order valence-corrected chi connectivity index (χ3v) is 7.28. The number of aromatic nitrogens is 3. The van der Waals surface area contributed by atoms with Crippen molar-refractivity contribution in [2.24, 2.45) is 7.05 Å². The van der Waals surface area contributed by atoms with Crippen LogP contribution in [0.2, 0.25) is 0 Å². The summed E-state index contributed by atoms with van der Waals surface area (Å²) in [6, 6.07) is 3.68. The van der Waals surface area contributed by atoms with Crippen molar-refractivity contribution < 1.29 is 13.2 Å². The number of aryl methyl sites for hydroxylation is 1. The number of fused-ring (bicyclic) bond motifs is 1. The molecule has 1 amide bonds. The first-order chi connectivity index (χ1) is 14.3. The minimum absolute atomic E-state index is 0.220. The zero-order valence-corrected chi connectivity index (χ0v) is 18.5. The van der Waals surface area contributed by atoms with Gasteiger partial charge in [-0.15, -0.1) is 0 Å². The Morgan fingerprint density at radius 3 is 2.53 bits per heavy atom. The molecule has 0 saturated carbocycles. The minimum Gasteiger partial charge on any atom is -0.357 e. The molecule has 4 heterocycles. The number of amides is 1. The van der Waals surface area contributed by atoms with Gasteiger partial charge in [-0.05, 0) is 37.8 Å². The van der Waals surface area contributed by atoms with Crippen LogP contribution in [0, 0.1) is 0 Å². The Hall–Kier alpha value is -2.20. The number of nitrogens with zero attached hydrogens (tertiary/aromatic N) is 5. The van der Waals surface area contributed by atoms with Crippen molar-refractivity contribution in [3.05, 3.63) is 17.8 Å². The first-order valence-electron chi connectivity index (χ1n) is 10.7. The highest BCUT2D eigenvalue weighted by atomic mass is 32.2. The largest absolute Gasteiger partial charge is 0.357 e. The summed E-state index contributed by atoms with van der Waals surface area (Å²) in [4.78, 5) is 20.0. The van der Waals surface area contributed by atoms with E-state index in [1.807, 2.05) is 12.1 Å². The number of carbonyl (C=O) groups excluding carboxylic acids is 1. The van der Waals surface area contributed by atoms with E-state index in [1.165, 1.54) is 36.2 Å². The van der Waals surface area contributed by atoms with Crippen LogP contribution in [0.15, 0.2) is 12.1 Å². The molecule has 0 bridgehead atoms. The van der Waals surface area contributed by atoms with Crippen LogP contribution in [-0.4, -0.2) is 71.9 Å². The zero-order valence-electron chi connectivity index (χ0n) is 17.7. The first-order valence-corrected chi connectivity index (χ1v) is 12.5. The van der Waals surface area contributed by atoms with Gasteiger partial charge in [0.15, 0.2) is 11.3 Å². The molecule has 2 aliphatic heterocycles. The van der Waals surface area contributed by atoms with Gasteiger partial charge in [0.1, 0.15) is 5.82 Å². The molecule has 2 saturated heterocycles. The summed E-state index contributed by atoms with van der Waals surface area (Å²) >= 11 is 0. The van der Waals surface area contributed by atoms with Gasteiger partial charge in [-0.2, -0.15) is 5.10 Å². The normalized spacial score (nSPS) is 21.5. The van der Waals surface area contributed by atoms with Crippen LogP contribution in [-0.2, 0) is 17.1 Å². The van der Waals surface area contributed by atoms with E-state index in [1.54, 1.807) is 11.7 Å². The SMILES string of the molecule is Cn1nc(C(=O)NC2CCCN(S(C)(=O)=O)C2)c2ccc(N3CCCCCC3)nc21. The molecule has 1 atom stereocenters. The average Bonchev–Trinajstić information content (AvgIpc) is 2.88. The first kappa shape index (κ1) is 21.0. The number of nitrogens with one attached hydrogen (secondary N) is 1. The number of rotatable bonds is 4. The van der Waals surface area contributed by atoms with Gasteiger partial charge in [0.05, 0.1) is 11.6 Å². The van der Waals surface area contributed by atoms with Crippen LogP contribution in [0.1, 0.15) is 49.0 Å². The molecule has 0 radical (unpaired) electrons. The molecule has 2 fully saturated rings. The molecule has 164 valence electrons. The molecule has 10 heteroatoms. The molecule has 1 unspecified atom stereocenters. The van der Waals surface area contributed by atoms with Gasteiger partial charge in [-0.25, -0.2) is 22.4 Å². The van der Waals surface area contributed by atoms with Gasteiger partial charge in [0.2, 0.25) is 10.0 Å². The Labute approximate surface area is 177 Å². The number of carbonyl (C=O) groups is 1. The zero-order chi connectivity index (χ0) is 21.3. The molecule has 2 aromatic rings. The maximum absolute atomic E-state index is 12.9. The van der Waals surface area contributed by atoms with Gasteiger partial charge >= 0.3 is 0 Å². The standard InChI is InChI=1S/C20H30N6O3S/c1-24-19-16(9-10-17(22-19)25-11-5-3-4-6-12-25)18(23-24)20(27)21-15-8-7-13-26(14-15)30(2,28)29/h9-10,15H,3-8,11-14H2,1-2H3,(H,21,27). The molecule has 0 spiro atoms. The van der Waals surface area contributed by atoms with Crippen LogP contribution in [0.25, 0.3) is 11.0 Å². The van der Waals surface area contributed by atoms with E-state index in [2.05, 4.69) is 15.3 Å². The molecule has 0 aliphatic carbocycles. The molecular formula is C20H30N6O3S. The second kappa shape index (κ2) is 8.50. The van der Waals surface area contributed by atoms with Gasteiger partial charge in [-0.3, -0.25) is 4.79 Å². The van der Waals surface area contributed by atoms with E-state index in [9.17, 15) is 13.2 Å². The molecule has 9 nitrogen and oxygen atoms in total. The lowest BCUT2D eigenvalue weighted by atomic mass is 10.1. The number of anilines is 1. The Kier molecular flexibility index (Phi) is 5.97. The van der Waals surface area contributed by atoms with E-state index < -0.39 is 10.0 Å². The van der Waals surface area contributed by atoms with E-state index in [0.717, 1.165) is 31.7 Å². The highest BCUT2D eigenvalue weighted by Crippen LogP contribution is 2.23. The molecular weight excluding hydrogens is 404 g/mol. The summed E-state index contributed by atoms with van der Waals surface area (Å²) < 4.78 is 26.7. The summed E-state index contributed by atoms with van der Waals surface area (Å²) in [5.41, 5.74) is 1.02. The topological polar surface area (TPSA) is 100 Å². The van der Waals surface area contributed by atoms with E-state index >= 15 is 0 Å². The number of sulfonamides is 1. The van der Waals surface area contributed by atoms with Crippen molar-refractivity contribution in [1.82, 2.24) is 24.4 Å². The molecule has 4 rings (SSSR count). The smallest absolute Gasteiger partial charge is 0.272 e. The molecule has 0 aromatic carbocycles. The quantitative estimate of drug-likeness (QED) is 0.783. The highest BCUT2D eigenvalue weighted by molar-refractivity contribution is 7.88. The Morgan fingerprint density at radius 1 is 1.10 bits per heavy atom. The Bertz CT molecular complexity index is 1030. The fourth-order valence-corrected chi connectivity index (χ4v) is 5.29. The van der Waals surface area contributed by atoms with Gasteiger partial charge < -0.3 is 10.2 Å². The number of hydrogen-bond acceptors (Lipinski definition) is 6. The fourth-order valence-electron chi connectivity index (χ4n) is 4.38. The van der Waals surface area contributed by atoms with Crippen molar-refractivity contribution >= 4 is 32.8 Å². The molecule has 2 aromatic heterocycles. The van der Waals surface area contributed by atoms with E-state index in [4.69, 9.17) is 4.98 Å². The van der Waals surface area contributed by atoms with Gasteiger partial charge in [0, 0.05) is 39.3 Å². The van der Waals surface area contributed by atoms with Crippen molar-refractivity contribution in [2.45, 2.75) is 44.6 Å². The van der Waals surface area contributed by atoms with Crippen LogP contribution in [0.4, 0.5) is 5.82 Å². The van der Waals surface area contributed by atoms with Gasteiger partial charge in [0.25, 0.3) is 5.91 Å². The van der Waals surface area contributed by atoms with Gasteiger partial charge in [-0.1, -0.05) is 12.8 Å². The third-order valence-electron chi connectivity index (χ3n) is 6.01. The second-order valence-electron chi connectivity index (χ2n) is 8.35. The summed E-state index contributed by atoms with van der Waals surface area (Å²) in [5.74, 6) is 0.640. The Morgan fingerprint density at radius 2 is 1.83 bits per heavy atom. The van der Waals surface area contributed by atoms with E-state index in [-0.39, 0.29) is 11.9 Å². The van der Waals surface area contributed by atoms with Crippen LogP contribution in [0.3, 0.4) is 0 Å². The second-order valence-corrected chi connectivity index (χ2v) is 10.3. The van der Waals surface area contributed by atoms with Crippen molar-refractivity contribution in [1.29, 1.82) is 0 Å². The molecule has 1 N–H and O–H groups in total. The summed E-state index contributed by atoms with van der Waals surface area (Å²) in [5, 5.41) is 8.10.